The second kappa shape index (κ2) is 3.87. The largest absolute Gasteiger partial charge is 0.272 e. The molecule has 2 amide bonds. The molecule has 0 aliphatic carbocycles. The van der Waals surface area contributed by atoms with Crippen LogP contribution in [0.2, 0.25) is 0 Å². The minimum absolute atomic E-state index is 0.0686. The summed E-state index contributed by atoms with van der Waals surface area (Å²) >= 11 is 0. The topological polar surface area (TPSA) is 40.6 Å². The van der Waals surface area contributed by atoms with Crippen LogP contribution in [-0.4, -0.2) is 34.9 Å². The van der Waals surface area contributed by atoms with Crippen LogP contribution >= 0.6 is 0 Å². The first-order valence-corrected chi connectivity index (χ1v) is 5.96. The minimum atomic E-state index is -0.616. The van der Waals surface area contributed by atoms with Gasteiger partial charge in [-0.3, -0.25) is 19.6 Å². The van der Waals surface area contributed by atoms with Crippen LogP contribution in [0.1, 0.15) is 24.3 Å². The number of nitrogens with zero attached hydrogens (tertiary/aromatic N) is 2. The van der Waals surface area contributed by atoms with Crippen LogP contribution in [-0.2, 0) is 9.59 Å². The summed E-state index contributed by atoms with van der Waals surface area (Å²) in [5.74, 6) is -0.754. The Kier molecular flexibility index (Phi) is 2.35. The summed E-state index contributed by atoms with van der Waals surface area (Å²) in [5.41, 5.74) is 0.803. The zero-order valence-corrected chi connectivity index (χ0v) is 9.50. The number of carbonyl (C=O) groups is 2. The average Bonchev–Trinajstić information content (AvgIpc) is 2.64. The summed E-state index contributed by atoms with van der Waals surface area (Å²) in [6.45, 7) is 1.35. The predicted molar refractivity (Wildman–Crippen MR) is 61.8 cm³/mol. The average molecular weight is 230 g/mol. The van der Waals surface area contributed by atoms with Crippen LogP contribution in [0.15, 0.2) is 30.3 Å². The number of amides is 2. The van der Waals surface area contributed by atoms with E-state index in [2.05, 4.69) is 0 Å². The standard InChI is InChI=1S/C13H14N2O2/c16-12-11(10-6-2-1-3-7-10)13(17)15-9-5-4-8-14(12)15/h1-3,6-7,11H,4-5,8-9H2. The lowest BCUT2D eigenvalue weighted by Gasteiger charge is -2.31. The molecule has 0 spiro atoms. The molecule has 88 valence electrons. The molecule has 0 aromatic heterocycles. The second-order valence-electron chi connectivity index (χ2n) is 4.47. The normalized spacial score (nSPS) is 20.9. The van der Waals surface area contributed by atoms with E-state index < -0.39 is 5.92 Å². The Balaban J connectivity index is 1.96. The molecule has 4 nitrogen and oxygen atoms in total. The fraction of sp³-hybridized carbons (Fsp3) is 0.385. The first kappa shape index (κ1) is 10.3. The molecule has 17 heavy (non-hydrogen) atoms. The van der Waals surface area contributed by atoms with Gasteiger partial charge in [-0.25, -0.2) is 0 Å². The predicted octanol–water partition coefficient (Wildman–Crippen LogP) is 1.15. The lowest BCUT2D eigenvalue weighted by Crippen LogP contribution is -2.45. The second-order valence-corrected chi connectivity index (χ2v) is 4.47. The van der Waals surface area contributed by atoms with Crippen LogP contribution < -0.4 is 0 Å². The van der Waals surface area contributed by atoms with E-state index in [-0.39, 0.29) is 11.8 Å². The van der Waals surface area contributed by atoms with Crippen molar-refractivity contribution in [3.05, 3.63) is 35.9 Å². The summed E-state index contributed by atoms with van der Waals surface area (Å²) in [7, 11) is 0. The minimum Gasteiger partial charge on any atom is -0.272 e. The number of rotatable bonds is 1. The lowest BCUT2D eigenvalue weighted by molar-refractivity contribution is -0.150. The van der Waals surface area contributed by atoms with Gasteiger partial charge in [0.2, 0.25) is 0 Å². The summed E-state index contributed by atoms with van der Waals surface area (Å²) in [6.07, 6.45) is 1.97. The van der Waals surface area contributed by atoms with Crippen molar-refractivity contribution in [1.29, 1.82) is 0 Å². The molecule has 2 heterocycles. The molecule has 2 aliphatic rings. The van der Waals surface area contributed by atoms with Crippen molar-refractivity contribution in [2.24, 2.45) is 0 Å². The van der Waals surface area contributed by atoms with Gasteiger partial charge in [-0.05, 0) is 18.4 Å². The number of carbonyl (C=O) groups excluding carboxylic acids is 2. The third-order valence-electron chi connectivity index (χ3n) is 3.42. The zero-order chi connectivity index (χ0) is 11.8. The number of benzene rings is 1. The SMILES string of the molecule is O=C1C(c2ccccc2)C(=O)N2CCCCN12. The number of fused-ring (bicyclic) bond motifs is 1. The number of hydrogen-bond donors (Lipinski definition) is 0. The molecule has 0 unspecified atom stereocenters. The maximum atomic E-state index is 12.2. The van der Waals surface area contributed by atoms with Crippen LogP contribution in [0.4, 0.5) is 0 Å². The Morgan fingerprint density at radius 1 is 0.882 bits per heavy atom. The van der Waals surface area contributed by atoms with Crippen LogP contribution in [0, 0.1) is 0 Å². The van der Waals surface area contributed by atoms with Gasteiger partial charge in [-0.2, -0.15) is 0 Å². The number of hydrogen-bond acceptors (Lipinski definition) is 2. The van der Waals surface area contributed by atoms with Crippen molar-refractivity contribution in [1.82, 2.24) is 10.0 Å². The van der Waals surface area contributed by atoms with Crippen molar-refractivity contribution in [2.75, 3.05) is 13.1 Å². The highest BCUT2D eigenvalue weighted by molar-refractivity contribution is 6.10. The zero-order valence-electron chi connectivity index (χ0n) is 9.50. The summed E-state index contributed by atoms with van der Waals surface area (Å²) in [4.78, 5) is 24.4. The van der Waals surface area contributed by atoms with Gasteiger partial charge >= 0.3 is 0 Å². The Morgan fingerprint density at radius 3 is 1.94 bits per heavy atom. The van der Waals surface area contributed by atoms with Crippen molar-refractivity contribution in [3.8, 4) is 0 Å². The van der Waals surface area contributed by atoms with Gasteiger partial charge in [-0.1, -0.05) is 30.3 Å². The molecule has 4 heteroatoms. The first-order valence-electron chi connectivity index (χ1n) is 5.96. The Bertz CT molecular complexity index is 434. The quantitative estimate of drug-likeness (QED) is 0.679. The molecule has 0 atom stereocenters. The van der Waals surface area contributed by atoms with Gasteiger partial charge in [0.1, 0.15) is 5.92 Å². The third kappa shape index (κ3) is 1.52. The van der Waals surface area contributed by atoms with Gasteiger partial charge in [0.05, 0.1) is 0 Å². The molecule has 2 aliphatic heterocycles. The van der Waals surface area contributed by atoms with Crippen LogP contribution in [0.3, 0.4) is 0 Å². The summed E-state index contributed by atoms with van der Waals surface area (Å²) < 4.78 is 0. The molecular weight excluding hydrogens is 216 g/mol. The summed E-state index contributed by atoms with van der Waals surface area (Å²) in [5, 5.41) is 3.23. The first-order chi connectivity index (χ1) is 8.29. The van der Waals surface area contributed by atoms with Crippen molar-refractivity contribution >= 4 is 11.8 Å². The van der Waals surface area contributed by atoms with Crippen LogP contribution in [0.25, 0.3) is 0 Å². The Morgan fingerprint density at radius 2 is 1.41 bits per heavy atom. The lowest BCUT2D eigenvalue weighted by atomic mass is 9.99. The van der Waals surface area contributed by atoms with Gasteiger partial charge < -0.3 is 0 Å². The van der Waals surface area contributed by atoms with E-state index >= 15 is 0 Å². The van der Waals surface area contributed by atoms with E-state index in [1.807, 2.05) is 30.3 Å². The van der Waals surface area contributed by atoms with Gasteiger partial charge in [0.15, 0.2) is 0 Å². The van der Waals surface area contributed by atoms with E-state index in [0.717, 1.165) is 18.4 Å². The maximum Gasteiger partial charge on any atom is 0.258 e. The molecule has 0 bridgehead atoms. The molecule has 0 N–H and O–H groups in total. The highest BCUT2D eigenvalue weighted by Crippen LogP contribution is 2.31. The molecule has 2 saturated heterocycles. The van der Waals surface area contributed by atoms with E-state index in [1.165, 1.54) is 0 Å². The monoisotopic (exact) mass is 230 g/mol. The smallest absolute Gasteiger partial charge is 0.258 e. The van der Waals surface area contributed by atoms with Crippen LogP contribution in [0.5, 0.6) is 0 Å². The third-order valence-corrected chi connectivity index (χ3v) is 3.42. The highest BCUT2D eigenvalue weighted by atomic mass is 16.2. The molecule has 3 rings (SSSR count). The highest BCUT2D eigenvalue weighted by Gasteiger charge is 2.46. The van der Waals surface area contributed by atoms with E-state index in [1.54, 1.807) is 10.0 Å². The van der Waals surface area contributed by atoms with Crippen molar-refractivity contribution < 1.29 is 9.59 Å². The van der Waals surface area contributed by atoms with E-state index in [9.17, 15) is 9.59 Å². The van der Waals surface area contributed by atoms with Crippen molar-refractivity contribution in [3.63, 3.8) is 0 Å². The molecule has 0 radical (unpaired) electrons. The Labute approximate surface area is 99.8 Å². The van der Waals surface area contributed by atoms with Crippen molar-refractivity contribution in [2.45, 2.75) is 18.8 Å². The van der Waals surface area contributed by atoms with E-state index in [4.69, 9.17) is 0 Å². The fourth-order valence-electron chi connectivity index (χ4n) is 2.56. The fourth-order valence-corrected chi connectivity index (χ4v) is 2.56. The van der Waals surface area contributed by atoms with Gasteiger partial charge in [0, 0.05) is 13.1 Å². The molecular formula is C13H14N2O2. The molecule has 2 fully saturated rings. The van der Waals surface area contributed by atoms with Gasteiger partial charge in [0.25, 0.3) is 11.8 Å². The van der Waals surface area contributed by atoms with Gasteiger partial charge in [-0.15, -0.1) is 0 Å². The molecule has 1 aromatic carbocycles. The number of hydrazine groups is 1. The maximum absolute atomic E-state index is 12.2. The van der Waals surface area contributed by atoms with E-state index in [0.29, 0.717) is 13.1 Å². The summed E-state index contributed by atoms with van der Waals surface area (Å²) in [6, 6.07) is 9.31. The molecule has 1 aromatic rings. The molecule has 0 saturated carbocycles. The Hall–Kier alpha value is -1.84.